The largest absolute Gasteiger partial charge is 0.472 e. The molecule has 66 heavy (non-hydrogen) atoms. The summed E-state index contributed by atoms with van der Waals surface area (Å²) in [5.74, 6) is -2.03. The number of allylic oxidation sites excluding steroid dienone is 11. The van der Waals surface area contributed by atoms with Gasteiger partial charge in [0.2, 0.25) is 0 Å². The molecular weight excluding hydrogens is 894 g/mol. The lowest BCUT2D eigenvalue weighted by molar-refractivity contribution is -0.161. The van der Waals surface area contributed by atoms with E-state index in [9.17, 15) is 43.7 Å². The number of unbranched alkanes of at least 4 members (excludes halogenated alkanes) is 8. The lowest BCUT2D eigenvalue weighted by Gasteiger charge is -2.20. The maximum absolute atomic E-state index is 12.8. The second kappa shape index (κ2) is 38.1. The van der Waals surface area contributed by atoms with Gasteiger partial charge in [0.25, 0.3) is 0 Å². The normalized spacial score (nSPS) is 19.6. The van der Waals surface area contributed by atoms with Crippen molar-refractivity contribution in [1.29, 1.82) is 0 Å². The molecule has 0 spiro atoms. The molecule has 16 nitrogen and oxygen atoms in total. The molecular formula is C48H80O16P2. The van der Waals surface area contributed by atoms with Crippen molar-refractivity contribution >= 4 is 33.4 Å². The molecule has 1 aliphatic rings. The smallest absolute Gasteiger partial charge is 0.462 e. The Morgan fingerprint density at radius 1 is 0.667 bits per heavy atom. The number of aliphatic hydroxyl groups excluding tert-OH is 3. The molecule has 0 aromatic carbocycles. The standard InChI is InChI=1S/C48H80O16P2/c1-3-5-7-8-9-10-11-12-13-14-15-16-17-18-19-20-21-22-27-31-47(53)60-38-42(39-63-66(58,59)62-37-41(50)36-61-65(55,56)57)64-48(54)32-28-24-23-26-30-43-44(46(52)35-45(43)51)34-33-40(49)29-25-6-4-2/h9-10,12-13,15-16,18-19,21-22,33-34,40-45,49-51H,3-8,11,14,17,20,23-32,35-39H2,1-2H3,(H,58,59)(H2,55,56,57)/b10-9-,13-12-,16-15-,19-18-,22-21-,34-33+/t40-,41-,42+,43+,44+,45-/m0/s1. The Hall–Kier alpha value is -2.85. The van der Waals surface area contributed by atoms with Crippen LogP contribution >= 0.6 is 15.6 Å². The van der Waals surface area contributed by atoms with E-state index in [0.717, 1.165) is 44.9 Å². The monoisotopic (exact) mass is 974 g/mol. The molecule has 18 heteroatoms. The van der Waals surface area contributed by atoms with Crippen molar-refractivity contribution in [2.75, 3.05) is 26.4 Å². The molecule has 0 radical (unpaired) electrons. The van der Waals surface area contributed by atoms with Crippen molar-refractivity contribution in [1.82, 2.24) is 0 Å². The second-order valence-electron chi connectivity index (χ2n) is 16.5. The first kappa shape index (κ1) is 61.2. The highest BCUT2D eigenvalue weighted by Crippen LogP contribution is 2.44. The van der Waals surface area contributed by atoms with Crippen molar-refractivity contribution in [3.8, 4) is 0 Å². The first-order valence-electron chi connectivity index (χ1n) is 23.7. The van der Waals surface area contributed by atoms with E-state index in [4.69, 9.17) is 23.8 Å². The van der Waals surface area contributed by atoms with Gasteiger partial charge >= 0.3 is 27.6 Å². The molecule has 378 valence electrons. The molecule has 0 aromatic rings. The summed E-state index contributed by atoms with van der Waals surface area (Å²) in [4.78, 5) is 65.6. The van der Waals surface area contributed by atoms with Crippen molar-refractivity contribution < 1.29 is 76.6 Å². The zero-order valence-corrected chi connectivity index (χ0v) is 41.0. The third-order valence-electron chi connectivity index (χ3n) is 10.5. The zero-order valence-electron chi connectivity index (χ0n) is 39.2. The van der Waals surface area contributed by atoms with Crippen molar-refractivity contribution in [2.45, 2.75) is 173 Å². The van der Waals surface area contributed by atoms with Gasteiger partial charge in [0.15, 0.2) is 6.10 Å². The Kier molecular flexibility index (Phi) is 35.3. The maximum Gasteiger partial charge on any atom is 0.472 e. The molecule has 0 aliphatic heterocycles. The van der Waals surface area contributed by atoms with Crippen molar-refractivity contribution in [3.05, 3.63) is 72.9 Å². The SMILES string of the molecule is CCCCC/C=C\C/C=C\C/C=C\C/C=C\C/C=C\CCC(=O)OC[C@H](COP(=O)(O)OC[C@@H](O)COP(=O)(O)O)OC(=O)CCCCCC[C@H]1[C@@H](O)CC(=O)[C@@H]1/C=C/[C@@H](O)CCCCC. The molecule has 7 atom stereocenters. The van der Waals surface area contributed by atoms with Gasteiger partial charge in [0.05, 0.1) is 32.0 Å². The molecule has 0 aromatic heterocycles. The van der Waals surface area contributed by atoms with Crippen LogP contribution in [0.5, 0.6) is 0 Å². The van der Waals surface area contributed by atoms with Gasteiger partial charge in [0.1, 0.15) is 18.5 Å². The molecule has 0 bridgehead atoms. The van der Waals surface area contributed by atoms with Gasteiger partial charge in [-0.1, -0.05) is 138 Å². The summed E-state index contributed by atoms with van der Waals surface area (Å²) < 4.78 is 47.8. The van der Waals surface area contributed by atoms with Crippen LogP contribution in [0.15, 0.2) is 72.9 Å². The number of ketones is 1. The highest BCUT2D eigenvalue weighted by Gasteiger charge is 2.39. The number of carbonyl (C=O) groups excluding carboxylic acids is 3. The van der Waals surface area contributed by atoms with Gasteiger partial charge in [-0.3, -0.25) is 28.0 Å². The topological polar surface area (TPSA) is 253 Å². The van der Waals surface area contributed by atoms with Crippen LogP contribution in [0, 0.1) is 11.8 Å². The minimum atomic E-state index is -4.91. The first-order valence-corrected chi connectivity index (χ1v) is 26.8. The second-order valence-corrected chi connectivity index (χ2v) is 19.2. The van der Waals surface area contributed by atoms with Gasteiger partial charge < -0.3 is 39.5 Å². The predicted octanol–water partition coefficient (Wildman–Crippen LogP) is 9.15. The zero-order chi connectivity index (χ0) is 48.9. The summed E-state index contributed by atoms with van der Waals surface area (Å²) in [5, 5.41) is 30.6. The average molecular weight is 975 g/mol. The van der Waals surface area contributed by atoms with E-state index in [2.05, 4.69) is 65.4 Å². The molecule has 1 saturated carbocycles. The van der Waals surface area contributed by atoms with E-state index < -0.39 is 84.3 Å². The summed E-state index contributed by atoms with van der Waals surface area (Å²) >= 11 is 0. The number of ether oxygens (including phenoxy) is 2. The number of carbonyl (C=O) groups is 3. The Balaban J connectivity index is 2.57. The first-order chi connectivity index (χ1) is 31.6. The van der Waals surface area contributed by atoms with Gasteiger partial charge in [-0.05, 0) is 70.1 Å². The van der Waals surface area contributed by atoms with Crippen LogP contribution in [0.2, 0.25) is 0 Å². The van der Waals surface area contributed by atoms with Gasteiger partial charge in [-0.15, -0.1) is 0 Å². The number of hydrogen-bond donors (Lipinski definition) is 6. The molecule has 1 aliphatic carbocycles. The van der Waals surface area contributed by atoms with E-state index in [1.54, 1.807) is 12.2 Å². The van der Waals surface area contributed by atoms with Gasteiger partial charge in [0, 0.05) is 25.2 Å². The maximum atomic E-state index is 12.8. The van der Waals surface area contributed by atoms with Crippen LogP contribution in [-0.2, 0) is 46.6 Å². The molecule has 0 heterocycles. The molecule has 6 N–H and O–H groups in total. The van der Waals surface area contributed by atoms with Gasteiger partial charge in [-0.25, -0.2) is 9.13 Å². The lowest BCUT2D eigenvalue weighted by atomic mass is 9.88. The quantitative estimate of drug-likeness (QED) is 0.0145. The Morgan fingerprint density at radius 2 is 1.23 bits per heavy atom. The van der Waals surface area contributed by atoms with Crippen LogP contribution < -0.4 is 0 Å². The molecule has 0 amide bonds. The molecule has 0 saturated heterocycles. The van der Waals surface area contributed by atoms with E-state index >= 15 is 0 Å². The fraction of sp³-hybridized carbons (Fsp3) is 0.688. The molecule has 1 rings (SSSR count). The van der Waals surface area contributed by atoms with E-state index in [1.165, 1.54) is 19.3 Å². The summed E-state index contributed by atoms with van der Waals surface area (Å²) in [6, 6.07) is 0. The minimum Gasteiger partial charge on any atom is -0.462 e. The number of hydrogen-bond acceptors (Lipinski definition) is 13. The molecule has 1 fully saturated rings. The van der Waals surface area contributed by atoms with Gasteiger partial charge in [-0.2, -0.15) is 0 Å². The van der Waals surface area contributed by atoms with E-state index in [0.29, 0.717) is 51.4 Å². The number of esters is 2. The Bertz CT molecular complexity index is 1600. The van der Waals surface area contributed by atoms with Crippen LogP contribution in [0.25, 0.3) is 0 Å². The highest BCUT2D eigenvalue weighted by atomic mass is 31.2. The van der Waals surface area contributed by atoms with Crippen LogP contribution in [0.1, 0.15) is 149 Å². The van der Waals surface area contributed by atoms with Crippen LogP contribution in [0.3, 0.4) is 0 Å². The highest BCUT2D eigenvalue weighted by molar-refractivity contribution is 7.47. The van der Waals surface area contributed by atoms with E-state index in [-0.39, 0.29) is 31.0 Å². The Morgan fingerprint density at radius 3 is 1.85 bits per heavy atom. The summed E-state index contributed by atoms with van der Waals surface area (Å²) in [5.41, 5.74) is 0. The summed E-state index contributed by atoms with van der Waals surface area (Å²) in [6.07, 6.45) is 35.2. The average Bonchev–Trinajstić information content (AvgIpc) is 3.54. The number of phosphoric ester groups is 2. The fourth-order valence-corrected chi connectivity index (χ4v) is 7.98. The third kappa shape index (κ3) is 34.4. The van der Waals surface area contributed by atoms with Crippen molar-refractivity contribution in [2.24, 2.45) is 11.8 Å². The fourth-order valence-electron chi connectivity index (χ4n) is 6.82. The summed E-state index contributed by atoms with van der Waals surface area (Å²) in [7, 11) is -9.81. The molecule has 1 unspecified atom stereocenters. The van der Waals surface area contributed by atoms with Crippen LogP contribution in [-0.4, -0.2) is 98.6 Å². The number of rotatable bonds is 40. The van der Waals surface area contributed by atoms with E-state index in [1.807, 2.05) is 18.2 Å². The summed E-state index contributed by atoms with van der Waals surface area (Å²) in [6.45, 7) is 1.27. The Labute approximate surface area is 393 Å². The van der Waals surface area contributed by atoms with Crippen molar-refractivity contribution in [3.63, 3.8) is 0 Å². The number of Topliss-reactive ketones (excluding diaryl/α,β-unsaturated/α-hetero) is 1. The lowest BCUT2D eigenvalue weighted by Crippen LogP contribution is -2.29. The third-order valence-corrected chi connectivity index (χ3v) is 11.9. The number of aliphatic hydroxyl groups is 3. The van der Waals surface area contributed by atoms with Crippen LogP contribution in [0.4, 0.5) is 0 Å². The minimum absolute atomic E-state index is 0.0207. The predicted molar refractivity (Wildman–Crippen MR) is 254 cm³/mol. The number of phosphoric acid groups is 2.